The Morgan fingerprint density at radius 2 is 1.88 bits per heavy atom. The zero-order chi connectivity index (χ0) is 12.7. The van der Waals surface area contributed by atoms with Gasteiger partial charge in [-0.25, -0.2) is 0 Å². The van der Waals surface area contributed by atoms with Crippen LogP contribution in [0.4, 0.5) is 0 Å². The maximum atomic E-state index is 5.80. The van der Waals surface area contributed by atoms with Crippen molar-refractivity contribution in [1.29, 1.82) is 0 Å². The first kappa shape index (κ1) is 14.9. The molecule has 1 fully saturated rings. The Labute approximate surface area is 107 Å². The number of nitrogens with zero attached hydrogens (tertiary/aromatic N) is 1. The average molecular weight is 242 g/mol. The van der Waals surface area contributed by atoms with Crippen molar-refractivity contribution in [3.63, 3.8) is 0 Å². The Morgan fingerprint density at radius 1 is 1.24 bits per heavy atom. The zero-order valence-electron chi connectivity index (χ0n) is 12.1. The summed E-state index contributed by atoms with van der Waals surface area (Å²) in [5, 5.41) is 3.58. The van der Waals surface area contributed by atoms with Gasteiger partial charge in [0.25, 0.3) is 0 Å². The molecule has 0 radical (unpaired) electrons. The van der Waals surface area contributed by atoms with Crippen molar-refractivity contribution < 1.29 is 4.74 Å². The Hall–Kier alpha value is -0.120. The molecule has 0 spiro atoms. The molecule has 102 valence electrons. The fourth-order valence-corrected chi connectivity index (χ4v) is 1.84. The first-order valence-electron chi connectivity index (χ1n) is 7.11. The summed E-state index contributed by atoms with van der Waals surface area (Å²) in [7, 11) is 0. The number of ether oxygens (including phenoxy) is 1. The van der Waals surface area contributed by atoms with E-state index >= 15 is 0 Å². The number of rotatable bonds is 10. The van der Waals surface area contributed by atoms with E-state index < -0.39 is 0 Å². The quantitative estimate of drug-likeness (QED) is 0.594. The highest BCUT2D eigenvalue weighted by Crippen LogP contribution is 2.21. The predicted molar refractivity (Wildman–Crippen MR) is 73.4 cm³/mol. The Morgan fingerprint density at radius 3 is 2.41 bits per heavy atom. The summed E-state index contributed by atoms with van der Waals surface area (Å²) in [6, 6.07) is 0.796. The minimum atomic E-state index is 0.256. The molecule has 1 aliphatic carbocycles. The molecule has 3 heteroatoms. The summed E-state index contributed by atoms with van der Waals surface area (Å²) in [4.78, 5) is 2.40. The number of likely N-dealkylation sites (N-methyl/N-ethyl adjacent to an activating group) is 1. The lowest BCUT2D eigenvalue weighted by molar-refractivity contribution is 0.0486. The normalized spacial score (nSPS) is 16.8. The second-order valence-corrected chi connectivity index (χ2v) is 5.90. The van der Waals surface area contributed by atoms with Crippen LogP contribution in [0.3, 0.4) is 0 Å². The number of nitrogens with one attached hydrogen (secondary N) is 1. The lowest BCUT2D eigenvalue weighted by Crippen LogP contribution is -2.35. The van der Waals surface area contributed by atoms with E-state index in [4.69, 9.17) is 4.74 Å². The molecular formula is C14H30N2O. The van der Waals surface area contributed by atoms with E-state index in [2.05, 4.69) is 37.9 Å². The molecule has 1 N–H and O–H groups in total. The van der Waals surface area contributed by atoms with Crippen LogP contribution in [0.5, 0.6) is 0 Å². The van der Waals surface area contributed by atoms with E-state index in [0.717, 1.165) is 45.4 Å². The van der Waals surface area contributed by atoms with E-state index in [1.165, 1.54) is 12.8 Å². The average Bonchev–Trinajstić information content (AvgIpc) is 3.11. The van der Waals surface area contributed by atoms with Crippen LogP contribution in [0.15, 0.2) is 0 Å². The molecule has 3 nitrogen and oxygen atoms in total. The van der Waals surface area contributed by atoms with Crippen molar-refractivity contribution in [3.8, 4) is 0 Å². The molecule has 0 amide bonds. The minimum absolute atomic E-state index is 0.256. The summed E-state index contributed by atoms with van der Waals surface area (Å²) in [5.74, 6) is 0. The van der Waals surface area contributed by atoms with Crippen molar-refractivity contribution in [2.24, 2.45) is 5.41 Å². The Kier molecular flexibility index (Phi) is 6.45. The second kappa shape index (κ2) is 7.34. The van der Waals surface area contributed by atoms with Crippen LogP contribution >= 0.6 is 0 Å². The van der Waals surface area contributed by atoms with Crippen LogP contribution in [0.1, 0.15) is 40.5 Å². The van der Waals surface area contributed by atoms with Crippen molar-refractivity contribution in [3.05, 3.63) is 0 Å². The van der Waals surface area contributed by atoms with Crippen LogP contribution in [-0.2, 0) is 4.74 Å². The first-order valence-corrected chi connectivity index (χ1v) is 7.11. The standard InChI is InChI=1S/C14H30N2O/c1-5-16(6-2)9-10-17-12-14(3,4)11-15-13-7-8-13/h13,15H,5-12H2,1-4H3. The van der Waals surface area contributed by atoms with E-state index in [1.54, 1.807) is 0 Å². The smallest absolute Gasteiger partial charge is 0.0593 e. The molecule has 0 aromatic rings. The third-order valence-corrected chi connectivity index (χ3v) is 3.39. The molecule has 0 heterocycles. The van der Waals surface area contributed by atoms with Gasteiger partial charge in [-0.3, -0.25) is 0 Å². The fraction of sp³-hybridized carbons (Fsp3) is 1.00. The molecule has 0 bridgehead atoms. The zero-order valence-corrected chi connectivity index (χ0v) is 12.1. The Balaban J connectivity index is 2.02. The van der Waals surface area contributed by atoms with E-state index in [-0.39, 0.29) is 5.41 Å². The SMILES string of the molecule is CCN(CC)CCOCC(C)(C)CNC1CC1. The topological polar surface area (TPSA) is 24.5 Å². The van der Waals surface area contributed by atoms with Crippen molar-refractivity contribution in [2.75, 3.05) is 39.4 Å². The third kappa shape index (κ3) is 7.02. The van der Waals surface area contributed by atoms with Crippen LogP contribution < -0.4 is 5.32 Å². The van der Waals surface area contributed by atoms with Crippen molar-refractivity contribution in [2.45, 2.75) is 46.6 Å². The molecule has 0 aromatic carbocycles. The highest BCUT2D eigenvalue weighted by atomic mass is 16.5. The van der Waals surface area contributed by atoms with E-state index in [1.807, 2.05) is 0 Å². The molecule has 0 atom stereocenters. The number of hydrogen-bond donors (Lipinski definition) is 1. The fourth-order valence-electron chi connectivity index (χ4n) is 1.84. The molecule has 17 heavy (non-hydrogen) atoms. The van der Waals surface area contributed by atoms with Crippen LogP contribution in [-0.4, -0.2) is 50.3 Å². The first-order chi connectivity index (χ1) is 8.07. The highest BCUT2D eigenvalue weighted by Gasteiger charge is 2.25. The molecule has 0 aromatic heterocycles. The molecular weight excluding hydrogens is 212 g/mol. The Bertz CT molecular complexity index is 198. The van der Waals surface area contributed by atoms with Gasteiger partial charge >= 0.3 is 0 Å². The predicted octanol–water partition coefficient (Wildman–Crippen LogP) is 2.12. The van der Waals surface area contributed by atoms with Crippen LogP contribution in [0, 0.1) is 5.41 Å². The second-order valence-electron chi connectivity index (χ2n) is 5.90. The van der Waals surface area contributed by atoms with Gasteiger partial charge in [0.2, 0.25) is 0 Å². The van der Waals surface area contributed by atoms with Gasteiger partial charge in [0.05, 0.1) is 13.2 Å². The number of hydrogen-bond acceptors (Lipinski definition) is 3. The summed E-state index contributed by atoms with van der Waals surface area (Å²) >= 11 is 0. The highest BCUT2D eigenvalue weighted by molar-refractivity contribution is 4.83. The van der Waals surface area contributed by atoms with Crippen molar-refractivity contribution in [1.82, 2.24) is 10.2 Å². The molecule has 1 saturated carbocycles. The van der Waals surface area contributed by atoms with E-state index in [0.29, 0.717) is 0 Å². The van der Waals surface area contributed by atoms with Gasteiger partial charge in [-0.2, -0.15) is 0 Å². The van der Waals surface area contributed by atoms with Gasteiger partial charge < -0.3 is 15.0 Å². The van der Waals surface area contributed by atoms with Gasteiger partial charge in [0.15, 0.2) is 0 Å². The molecule has 1 aliphatic rings. The lowest BCUT2D eigenvalue weighted by atomic mass is 9.95. The lowest BCUT2D eigenvalue weighted by Gasteiger charge is -2.26. The maximum Gasteiger partial charge on any atom is 0.0593 e. The van der Waals surface area contributed by atoms with Crippen molar-refractivity contribution >= 4 is 0 Å². The summed E-state index contributed by atoms with van der Waals surface area (Å²) in [6.45, 7) is 15.0. The minimum Gasteiger partial charge on any atom is -0.380 e. The summed E-state index contributed by atoms with van der Waals surface area (Å²) < 4.78 is 5.80. The molecule has 0 saturated heterocycles. The van der Waals surface area contributed by atoms with E-state index in [9.17, 15) is 0 Å². The van der Waals surface area contributed by atoms with Crippen LogP contribution in [0.25, 0.3) is 0 Å². The van der Waals surface area contributed by atoms with Gasteiger partial charge in [-0.05, 0) is 25.9 Å². The molecule has 0 aliphatic heterocycles. The third-order valence-electron chi connectivity index (χ3n) is 3.39. The van der Waals surface area contributed by atoms with Gasteiger partial charge in [-0.15, -0.1) is 0 Å². The monoisotopic (exact) mass is 242 g/mol. The van der Waals surface area contributed by atoms with Gasteiger partial charge in [-0.1, -0.05) is 27.7 Å². The molecule has 1 rings (SSSR count). The summed E-state index contributed by atoms with van der Waals surface area (Å²) in [5.41, 5.74) is 0.256. The summed E-state index contributed by atoms with van der Waals surface area (Å²) in [6.07, 6.45) is 2.72. The molecule has 0 unspecified atom stereocenters. The van der Waals surface area contributed by atoms with Gasteiger partial charge in [0.1, 0.15) is 0 Å². The largest absolute Gasteiger partial charge is 0.380 e. The maximum absolute atomic E-state index is 5.80. The van der Waals surface area contributed by atoms with Gasteiger partial charge in [0, 0.05) is 24.5 Å². The van der Waals surface area contributed by atoms with Crippen LogP contribution in [0.2, 0.25) is 0 Å².